The van der Waals surface area contributed by atoms with E-state index in [1.165, 1.54) is 6.92 Å². The van der Waals surface area contributed by atoms with Gasteiger partial charge >= 0.3 is 6.18 Å². The first-order chi connectivity index (χ1) is 16.2. The van der Waals surface area contributed by atoms with Crippen molar-refractivity contribution < 1.29 is 35.9 Å². The van der Waals surface area contributed by atoms with Gasteiger partial charge in [-0.25, -0.2) is 23.1 Å². The van der Waals surface area contributed by atoms with Crippen molar-refractivity contribution in [2.24, 2.45) is 16.6 Å². The molecule has 14 heteroatoms. The lowest BCUT2D eigenvalue weighted by atomic mass is 9.74. The summed E-state index contributed by atoms with van der Waals surface area (Å²) in [4.78, 5) is 24.1. The second kappa shape index (κ2) is 9.55. The molecule has 0 fully saturated rings. The number of halogens is 6. The zero-order valence-corrected chi connectivity index (χ0v) is 19.5. The molecule has 0 radical (unpaired) electrons. The van der Waals surface area contributed by atoms with E-state index < -0.39 is 59.1 Å². The van der Waals surface area contributed by atoms with Crippen LogP contribution in [0.2, 0.25) is 0 Å². The number of carbonyl (C=O) groups is 1. The molecule has 7 nitrogen and oxygen atoms in total. The van der Waals surface area contributed by atoms with Gasteiger partial charge in [0, 0.05) is 23.2 Å². The van der Waals surface area contributed by atoms with Gasteiger partial charge in [-0.3, -0.25) is 9.79 Å². The Balaban J connectivity index is 1.88. The highest BCUT2D eigenvalue weighted by Crippen LogP contribution is 2.50. The summed E-state index contributed by atoms with van der Waals surface area (Å²) < 4.78 is 83.3. The van der Waals surface area contributed by atoms with Crippen LogP contribution >= 0.6 is 11.8 Å². The third-order valence-electron chi connectivity index (χ3n) is 5.78. The standard InChI is InChI=1S/C21H21F6N5O2S/c1-10-19(2,8-22)35-18(28)32-20(10,3)12-4-11(5-13(23)16(12)24)31-17(33)14-6-30-15(7-29-14)34-9-21(25,26)27/h4-7,10H,8-9H2,1-3H3,(H2,28,32)(H,31,33)/t10-,19-,20+/m1/s1. The van der Waals surface area contributed by atoms with E-state index in [9.17, 15) is 31.1 Å². The van der Waals surface area contributed by atoms with Gasteiger partial charge in [0.2, 0.25) is 5.88 Å². The van der Waals surface area contributed by atoms with E-state index in [0.29, 0.717) is 0 Å². The van der Waals surface area contributed by atoms with Crippen molar-refractivity contribution in [3.63, 3.8) is 0 Å². The van der Waals surface area contributed by atoms with Crippen molar-refractivity contribution >= 4 is 28.5 Å². The molecule has 1 amide bonds. The van der Waals surface area contributed by atoms with E-state index in [2.05, 4.69) is 25.0 Å². The molecular formula is C21H21F6N5O2S. The Bertz CT molecular complexity index is 1150. The Morgan fingerprint density at radius 1 is 1.23 bits per heavy atom. The Kier molecular flexibility index (Phi) is 7.25. The van der Waals surface area contributed by atoms with Crippen LogP contribution in [0.15, 0.2) is 29.5 Å². The smallest absolute Gasteiger partial charge is 0.422 e. The first-order valence-electron chi connectivity index (χ1n) is 10.1. The summed E-state index contributed by atoms with van der Waals surface area (Å²) in [7, 11) is 0. The number of amidine groups is 1. The fourth-order valence-electron chi connectivity index (χ4n) is 3.60. The number of aromatic nitrogens is 2. The van der Waals surface area contributed by atoms with Crippen LogP contribution in [0.5, 0.6) is 5.88 Å². The summed E-state index contributed by atoms with van der Waals surface area (Å²) in [6, 6.07) is 1.89. The highest BCUT2D eigenvalue weighted by Gasteiger charge is 2.50. The van der Waals surface area contributed by atoms with Crippen LogP contribution in [-0.2, 0) is 5.54 Å². The summed E-state index contributed by atoms with van der Waals surface area (Å²) >= 11 is 1.00. The maximum atomic E-state index is 14.9. The van der Waals surface area contributed by atoms with Crippen molar-refractivity contribution in [1.82, 2.24) is 9.97 Å². The molecule has 0 bridgehead atoms. The Labute approximate surface area is 200 Å². The number of nitrogens with two attached hydrogens (primary N) is 1. The van der Waals surface area contributed by atoms with Gasteiger partial charge in [-0.1, -0.05) is 18.7 Å². The number of anilines is 1. The molecule has 0 saturated heterocycles. The quantitative estimate of drug-likeness (QED) is 0.540. The molecule has 0 saturated carbocycles. The molecule has 1 aliphatic rings. The van der Waals surface area contributed by atoms with Crippen LogP contribution < -0.4 is 15.8 Å². The summed E-state index contributed by atoms with van der Waals surface area (Å²) in [5, 5.41) is 2.33. The zero-order valence-electron chi connectivity index (χ0n) is 18.7. The van der Waals surface area contributed by atoms with Crippen molar-refractivity contribution in [3.05, 3.63) is 47.4 Å². The fraction of sp³-hybridized carbons (Fsp3) is 0.429. The highest BCUT2D eigenvalue weighted by molar-refractivity contribution is 8.15. The number of ether oxygens (including phenoxy) is 1. The summed E-state index contributed by atoms with van der Waals surface area (Å²) in [6.07, 6.45) is -2.90. The average molecular weight is 521 g/mol. The number of carbonyl (C=O) groups excluding carboxylic acids is 1. The number of hydrogen-bond acceptors (Lipinski definition) is 7. The van der Waals surface area contributed by atoms with Gasteiger partial charge in [0.15, 0.2) is 23.4 Å². The van der Waals surface area contributed by atoms with Crippen LogP contribution in [0, 0.1) is 17.6 Å². The lowest BCUT2D eigenvalue weighted by Crippen LogP contribution is -2.49. The number of aliphatic imine (C=N–C) groups is 1. The number of nitrogens with one attached hydrogen (secondary N) is 1. The normalized spacial score (nSPS) is 24.6. The highest BCUT2D eigenvalue weighted by atomic mass is 32.2. The summed E-state index contributed by atoms with van der Waals surface area (Å²) in [5.74, 6) is -4.51. The molecule has 3 rings (SSSR count). The SMILES string of the molecule is C[C@@H]1[C@@](C)(CF)SC(N)=N[C@]1(C)c1cc(NC(=O)c2cnc(OCC(F)(F)F)cn2)cc(F)c1F. The largest absolute Gasteiger partial charge is 0.467 e. The van der Waals surface area contributed by atoms with Crippen LogP contribution in [0.4, 0.5) is 32.0 Å². The molecule has 2 heterocycles. The second-order valence-electron chi connectivity index (χ2n) is 8.29. The van der Waals surface area contributed by atoms with Crippen molar-refractivity contribution in [3.8, 4) is 5.88 Å². The molecule has 0 aliphatic carbocycles. The van der Waals surface area contributed by atoms with Gasteiger partial charge in [0.25, 0.3) is 5.91 Å². The van der Waals surface area contributed by atoms with E-state index >= 15 is 0 Å². The summed E-state index contributed by atoms with van der Waals surface area (Å²) in [6.45, 7) is 2.35. The topological polar surface area (TPSA) is 102 Å². The van der Waals surface area contributed by atoms with Gasteiger partial charge in [-0.05, 0) is 19.9 Å². The first-order valence-corrected chi connectivity index (χ1v) is 10.9. The molecular weight excluding hydrogens is 500 g/mol. The minimum absolute atomic E-state index is 0.00287. The lowest BCUT2D eigenvalue weighted by molar-refractivity contribution is -0.154. The molecule has 1 aromatic heterocycles. The summed E-state index contributed by atoms with van der Waals surface area (Å²) in [5.41, 5.74) is 3.69. The molecule has 1 aromatic carbocycles. The molecule has 0 unspecified atom stereocenters. The molecule has 190 valence electrons. The van der Waals surface area contributed by atoms with E-state index in [1.54, 1.807) is 13.8 Å². The monoisotopic (exact) mass is 521 g/mol. The number of hydrogen-bond donors (Lipinski definition) is 2. The van der Waals surface area contributed by atoms with E-state index in [-0.39, 0.29) is 22.1 Å². The van der Waals surface area contributed by atoms with Crippen LogP contribution in [0.1, 0.15) is 36.8 Å². The van der Waals surface area contributed by atoms with Crippen LogP contribution in [0.25, 0.3) is 0 Å². The van der Waals surface area contributed by atoms with Crippen molar-refractivity contribution in [1.29, 1.82) is 0 Å². The third kappa shape index (κ3) is 5.63. The predicted octanol–water partition coefficient (Wildman–Crippen LogP) is 4.59. The maximum absolute atomic E-state index is 14.9. The Hall–Kier alpha value is -3.03. The fourth-order valence-corrected chi connectivity index (χ4v) is 4.77. The predicted molar refractivity (Wildman–Crippen MR) is 118 cm³/mol. The number of alkyl halides is 4. The number of amides is 1. The van der Waals surface area contributed by atoms with Gasteiger partial charge in [0.05, 0.1) is 22.7 Å². The number of rotatable bonds is 6. The number of nitrogens with zero attached hydrogens (tertiary/aromatic N) is 3. The van der Waals surface area contributed by atoms with Crippen LogP contribution in [-0.4, -0.2) is 45.2 Å². The third-order valence-corrected chi connectivity index (χ3v) is 7.01. The molecule has 3 N–H and O–H groups in total. The van der Waals surface area contributed by atoms with Gasteiger partial charge in [-0.15, -0.1) is 0 Å². The first kappa shape index (κ1) is 26.6. The van der Waals surface area contributed by atoms with E-state index in [4.69, 9.17) is 5.73 Å². The van der Waals surface area contributed by atoms with Gasteiger partial charge in [0.1, 0.15) is 12.4 Å². The van der Waals surface area contributed by atoms with E-state index in [1.807, 2.05) is 0 Å². The molecule has 2 aromatic rings. The lowest BCUT2D eigenvalue weighted by Gasteiger charge is -2.46. The van der Waals surface area contributed by atoms with Crippen LogP contribution in [0.3, 0.4) is 0 Å². The van der Waals surface area contributed by atoms with Gasteiger partial charge in [-0.2, -0.15) is 13.2 Å². The molecule has 0 spiro atoms. The minimum atomic E-state index is -4.58. The molecule has 1 aliphatic heterocycles. The molecule has 35 heavy (non-hydrogen) atoms. The van der Waals surface area contributed by atoms with Crippen molar-refractivity contribution in [2.75, 3.05) is 18.6 Å². The zero-order chi connectivity index (χ0) is 26.2. The average Bonchev–Trinajstić information content (AvgIpc) is 2.78. The van der Waals surface area contributed by atoms with Crippen molar-refractivity contribution in [2.45, 2.75) is 37.2 Å². The Morgan fingerprint density at radius 2 is 1.91 bits per heavy atom. The van der Waals surface area contributed by atoms with E-state index in [0.717, 1.165) is 36.3 Å². The minimum Gasteiger partial charge on any atom is -0.467 e. The Morgan fingerprint density at radius 3 is 2.49 bits per heavy atom. The number of benzene rings is 1. The maximum Gasteiger partial charge on any atom is 0.422 e. The number of thioether (sulfide) groups is 1. The molecule has 3 atom stereocenters. The van der Waals surface area contributed by atoms with Gasteiger partial charge < -0.3 is 15.8 Å². The second-order valence-corrected chi connectivity index (χ2v) is 9.84.